The maximum Gasteiger partial charge on any atom is 0.349 e. The van der Waals surface area contributed by atoms with Gasteiger partial charge in [0.25, 0.3) is 5.91 Å². The van der Waals surface area contributed by atoms with Crippen LogP contribution in [0.25, 0.3) is 11.0 Å². The lowest BCUT2D eigenvalue weighted by Gasteiger charge is -2.23. The molecule has 0 saturated heterocycles. The molecular formula is C25H21NO3. The molecule has 3 aromatic carbocycles. The Bertz CT molecular complexity index is 1160. The zero-order chi connectivity index (χ0) is 20.2. The number of amides is 1. The highest BCUT2D eigenvalue weighted by Gasteiger charge is 2.21. The van der Waals surface area contributed by atoms with Crippen LogP contribution in [0.5, 0.6) is 0 Å². The predicted octanol–water partition coefficient (Wildman–Crippen LogP) is 4.94. The first-order valence-electron chi connectivity index (χ1n) is 9.52. The lowest BCUT2D eigenvalue weighted by molar-refractivity contribution is 0.0726. The van der Waals surface area contributed by atoms with E-state index in [1.165, 1.54) is 0 Å². The Hall–Kier alpha value is -3.66. The number of hydrogen-bond donors (Lipinski definition) is 0. The number of aryl methyl sites for hydroxylation is 1. The quantitative estimate of drug-likeness (QED) is 0.459. The molecule has 144 valence electrons. The summed E-state index contributed by atoms with van der Waals surface area (Å²) >= 11 is 0. The molecule has 1 aromatic heterocycles. The Morgan fingerprint density at radius 2 is 1.41 bits per heavy atom. The minimum atomic E-state index is -0.608. The third kappa shape index (κ3) is 4.11. The molecule has 4 heteroatoms. The van der Waals surface area contributed by atoms with E-state index in [9.17, 15) is 9.59 Å². The Balaban J connectivity index is 1.73. The summed E-state index contributed by atoms with van der Waals surface area (Å²) in [6, 6.07) is 26.8. The summed E-state index contributed by atoms with van der Waals surface area (Å²) in [7, 11) is 0. The molecule has 4 aromatic rings. The highest BCUT2D eigenvalue weighted by atomic mass is 16.4. The van der Waals surface area contributed by atoms with Crippen molar-refractivity contribution in [2.75, 3.05) is 0 Å². The highest BCUT2D eigenvalue weighted by molar-refractivity contribution is 5.97. The summed E-state index contributed by atoms with van der Waals surface area (Å²) in [6.07, 6.45) is 0. The van der Waals surface area contributed by atoms with Crippen molar-refractivity contribution in [1.29, 1.82) is 0 Å². The van der Waals surface area contributed by atoms with Crippen LogP contribution in [0.3, 0.4) is 0 Å². The average Bonchev–Trinajstić information content (AvgIpc) is 2.75. The maximum absolute atomic E-state index is 13.4. The van der Waals surface area contributed by atoms with Crippen LogP contribution in [0.15, 0.2) is 94.1 Å². The van der Waals surface area contributed by atoms with Gasteiger partial charge in [0.1, 0.15) is 11.1 Å². The predicted molar refractivity (Wildman–Crippen MR) is 114 cm³/mol. The van der Waals surface area contributed by atoms with Crippen molar-refractivity contribution in [3.05, 3.63) is 118 Å². The smallest absolute Gasteiger partial charge is 0.349 e. The fraction of sp³-hybridized carbons (Fsp3) is 0.120. The number of carbonyl (C=O) groups is 1. The van der Waals surface area contributed by atoms with Crippen LogP contribution in [0, 0.1) is 6.92 Å². The molecule has 4 rings (SSSR count). The normalized spacial score (nSPS) is 10.8. The van der Waals surface area contributed by atoms with Crippen LogP contribution in [0.1, 0.15) is 27.0 Å². The lowest BCUT2D eigenvalue weighted by Crippen LogP contribution is -2.33. The van der Waals surface area contributed by atoms with Crippen molar-refractivity contribution in [3.8, 4) is 0 Å². The molecule has 0 saturated carbocycles. The molecule has 4 nitrogen and oxygen atoms in total. The van der Waals surface area contributed by atoms with E-state index in [4.69, 9.17) is 4.42 Å². The third-order valence-corrected chi connectivity index (χ3v) is 4.91. The fourth-order valence-corrected chi connectivity index (χ4v) is 3.42. The zero-order valence-corrected chi connectivity index (χ0v) is 16.2. The zero-order valence-electron chi connectivity index (χ0n) is 16.2. The molecule has 0 atom stereocenters. The maximum atomic E-state index is 13.4. The van der Waals surface area contributed by atoms with Gasteiger partial charge in [0.2, 0.25) is 0 Å². The first-order valence-corrected chi connectivity index (χ1v) is 9.52. The molecule has 1 heterocycles. The summed E-state index contributed by atoms with van der Waals surface area (Å²) in [4.78, 5) is 27.7. The van der Waals surface area contributed by atoms with Crippen LogP contribution in [-0.4, -0.2) is 10.8 Å². The van der Waals surface area contributed by atoms with Gasteiger partial charge in [-0.25, -0.2) is 4.79 Å². The van der Waals surface area contributed by atoms with E-state index >= 15 is 0 Å². The molecule has 29 heavy (non-hydrogen) atoms. The van der Waals surface area contributed by atoms with Gasteiger partial charge < -0.3 is 9.32 Å². The van der Waals surface area contributed by atoms with E-state index in [2.05, 4.69) is 0 Å². The number of para-hydroxylation sites is 1. The molecule has 0 fully saturated rings. The minimum Gasteiger partial charge on any atom is -0.422 e. The van der Waals surface area contributed by atoms with E-state index in [0.717, 1.165) is 22.1 Å². The number of benzene rings is 3. The van der Waals surface area contributed by atoms with Crippen molar-refractivity contribution >= 4 is 16.9 Å². The molecule has 1 amide bonds. The van der Waals surface area contributed by atoms with Gasteiger partial charge in [0, 0.05) is 18.5 Å². The van der Waals surface area contributed by atoms with Gasteiger partial charge >= 0.3 is 5.63 Å². The van der Waals surface area contributed by atoms with Gasteiger partial charge in [0.05, 0.1) is 0 Å². The Labute approximate surface area is 169 Å². The topological polar surface area (TPSA) is 50.5 Å². The number of carbonyl (C=O) groups excluding carboxylic acids is 1. The number of hydrogen-bond acceptors (Lipinski definition) is 3. The van der Waals surface area contributed by atoms with Crippen molar-refractivity contribution in [2.45, 2.75) is 20.0 Å². The van der Waals surface area contributed by atoms with Crippen LogP contribution in [0.4, 0.5) is 0 Å². The van der Waals surface area contributed by atoms with Crippen molar-refractivity contribution in [3.63, 3.8) is 0 Å². The second kappa shape index (κ2) is 8.15. The largest absolute Gasteiger partial charge is 0.422 e. The first-order chi connectivity index (χ1) is 14.1. The molecule has 0 unspecified atom stereocenters. The van der Waals surface area contributed by atoms with Crippen LogP contribution >= 0.6 is 0 Å². The minimum absolute atomic E-state index is 0.0509. The molecule has 0 N–H and O–H groups in total. The molecule has 0 aliphatic heterocycles. The summed E-state index contributed by atoms with van der Waals surface area (Å²) in [5.41, 5.74) is 2.82. The van der Waals surface area contributed by atoms with E-state index in [-0.39, 0.29) is 11.5 Å². The van der Waals surface area contributed by atoms with Crippen LogP contribution in [0.2, 0.25) is 0 Å². The van der Waals surface area contributed by atoms with E-state index in [1.807, 2.05) is 85.8 Å². The van der Waals surface area contributed by atoms with E-state index in [1.54, 1.807) is 11.0 Å². The van der Waals surface area contributed by atoms with Crippen LogP contribution < -0.4 is 5.63 Å². The van der Waals surface area contributed by atoms with E-state index in [0.29, 0.717) is 18.7 Å². The second-order valence-corrected chi connectivity index (χ2v) is 7.07. The summed E-state index contributed by atoms with van der Waals surface area (Å²) in [6.45, 7) is 2.68. The third-order valence-electron chi connectivity index (χ3n) is 4.91. The SMILES string of the molecule is Cc1cccc2cc(C(=O)N(Cc3ccccc3)Cc3ccccc3)c(=O)oc12. The Morgan fingerprint density at radius 3 is 2.00 bits per heavy atom. The molecule has 0 aliphatic rings. The van der Waals surface area contributed by atoms with Crippen molar-refractivity contribution in [1.82, 2.24) is 4.90 Å². The highest BCUT2D eigenvalue weighted by Crippen LogP contribution is 2.19. The van der Waals surface area contributed by atoms with E-state index < -0.39 is 5.63 Å². The Kier molecular flexibility index (Phi) is 5.25. The first kappa shape index (κ1) is 18.7. The van der Waals surface area contributed by atoms with Gasteiger partial charge in [-0.1, -0.05) is 78.9 Å². The van der Waals surface area contributed by atoms with Crippen LogP contribution in [-0.2, 0) is 13.1 Å². The van der Waals surface area contributed by atoms with Gasteiger partial charge in [-0.2, -0.15) is 0 Å². The van der Waals surface area contributed by atoms with Gasteiger partial charge in [-0.15, -0.1) is 0 Å². The molecule has 0 bridgehead atoms. The van der Waals surface area contributed by atoms with Crippen molar-refractivity contribution < 1.29 is 9.21 Å². The fourth-order valence-electron chi connectivity index (χ4n) is 3.42. The summed E-state index contributed by atoms with van der Waals surface area (Å²) in [5.74, 6) is -0.338. The number of nitrogens with zero attached hydrogens (tertiary/aromatic N) is 1. The van der Waals surface area contributed by atoms with Gasteiger partial charge in [-0.05, 0) is 29.7 Å². The van der Waals surface area contributed by atoms with Gasteiger partial charge in [-0.3, -0.25) is 4.79 Å². The summed E-state index contributed by atoms with van der Waals surface area (Å²) in [5, 5.41) is 0.743. The number of fused-ring (bicyclic) bond motifs is 1. The van der Waals surface area contributed by atoms with Gasteiger partial charge in [0.15, 0.2) is 0 Å². The molecular weight excluding hydrogens is 362 g/mol. The second-order valence-electron chi connectivity index (χ2n) is 7.07. The molecule has 0 spiro atoms. The molecule has 0 aliphatic carbocycles. The number of rotatable bonds is 5. The lowest BCUT2D eigenvalue weighted by atomic mass is 10.1. The summed E-state index contributed by atoms with van der Waals surface area (Å²) < 4.78 is 5.49. The van der Waals surface area contributed by atoms with Crippen molar-refractivity contribution in [2.24, 2.45) is 0 Å². The monoisotopic (exact) mass is 383 g/mol. The standard InChI is InChI=1S/C25H21NO3/c1-18-9-8-14-21-15-22(25(28)29-23(18)21)24(27)26(16-19-10-4-2-5-11-19)17-20-12-6-3-7-13-20/h2-15H,16-17H2,1H3. The molecule has 0 radical (unpaired) electrons. The average molecular weight is 383 g/mol. The Morgan fingerprint density at radius 1 is 0.828 bits per heavy atom.